The van der Waals surface area contributed by atoms with Gasteiger partial charge in [-0.1, -0.05) is 0 Å². The number of aromatic amines is 1. The smallest absolute Gasteiger partial charge is 0.330 e. The second-order valence-corrected chi connectivity index (χ2v) is 4.24. The van der Waals surface area contributed by atoms with Gasteiger partial charge in [-0.3, -0.25) is 14.3 Å². The Balaban J connectivity index is 2.31. The van der Waals surface area contributed by atoms with Crippen LogP contribution in [0.25, 0.3) is 0 Å². The average Bonchev–Trinajstić information content (AvgIpc) is 2.66. The second kappa shape index (κ2) is 5.23. The van der Waals surface area contributed by atoms with Gasteiger partial charge in [-0.2, -0.15) is 0 Å². The van der Waals surface area contributed by atoms with Crippen LogP contribution in [-0.2, 0) is 4.74 Å². The third-order valence-electron chi connectivity index (χ3n) is 2.97. The summed E-state index contributed by atoms with van der Waals surface area (Å²) >= 11 is 0. The van der Waals surface area contributed by atoms with Gasteiger partial charge in [0.15, 0.2) is 6.23 Å². The fourth-order valence-corrected chi connectivity index (χ4v) is 1.97. The minimum atomic E-state index is -1.48. The summed E-state index contributed by atoms with van der Waals surface area (Å²) in [5, 5.41) is 37.7. The van der Waals surface area contributed by atoms with E-state index in [9.17, 15) is 24.9 Å². The van der Waals surface area contributed by atoms with E-state index in [1.165, 1.54) is 0 Å². The molecule has 0 spiro atoms. The molecule has 19 heavy (non-hydrogen) atoms. The zero-order chi connectivity index (χ0) is 14.2. The van der Waals surface area contributed by atoms with Crippen molar-refractivity contribution in [1.29, 1.82) is 0 Å². The van der Waals surface area contributed by atoms with Crippen molar-refractivity contribution >= 4 is 0 Å². The van der Waals surface area contributed by atoms with Crippen LogP contribution in [-0.4, -0.2) is 61.0 Å². The topological polar surface area (TPSA) is 145 Å². The zero-order valence-corrected chi connectivity index (χ0v) is 9.71. The molecule has 1 aromatic heterocycles. The Kier molecular flexibility index (Phi) is 3.83. The number of ether oxygens (including phenoxy) is 1. The highest BCUT2D eigenvalue weighted by Gasteiger charge is 2.46. The summed E-state index contributed by atoms with van der Waals surface area (Å²) in [4.78, 5) is 24.5. The fourth-order valence-electron chi connectivity index (χ4n) is 1.97. The maximum atomic E-state index is 11.5. The first-order chi connectivity index (χ1) is 8.95. The van der Waals surface area contributed by atoms with Crippen LogP contribution in [0.1, 0.15) is 6.23 Å². The van der Waals surface area contributed by atoms with E-state index in [4.69, 9.17) is 9.84 Å². The lowest BCUT2D eigenvalue weighted by Gasteiger charge is -2.18. The normalized spacial score (nSPS) is 32.4. The Labute approximate surface area is 106 Å². The van der Waals surface area contributed by atoms with Gasteiger partial charge in [-0.05, 0) is 0 Å². The second-order valence-electron chi connectivity index (χ2n) is 4.24. The Hall–Kier alpha value is -1.52. The summed E-state index contributed by atoms with van der Waals surface area (Å²) in [6, 6.07) is 1.06. The molecule has 1 aliphatic heterocycles. The predicted molar refractivity (Wildman–Crippen MR) is 60.3 cm³/mol. The van der Waals surface area contributed by atoms with E-state index in [1.54, 1.807) is 0 Å². The van der Waals surface area contributed by atoms with Crippen LogP contribution in [0.3, 0.4) is 0 Å². The first kappa shape index (κ1) is 13.9. The zero-order valence-electron chi connectivity index (χ0n) is 9.71. The molecular weight excluding hydrogens is 260 g/mol. The van der Waals surface area contributed by atoms with E-state index in [0.717, 1.165) is 16.8 Å². The number of H-pyrrole nitrogens is 1. The van der Waals surface area contributed by atoms with Crippen LogP contribution in [0.15, 0.2) is 21.9 Å². The molecule has 2 rings (SSSR count). The molecule has 2 heterocycles. The van der Waals surface area contributed by atoms with Gasteiger partial charge in [0, 0.05) is 12.3 Å². The highest BCUT2D eigenvalue weighted by Crippen LogP contribution is 2.29. The Morgan fingerprint density at radius 1 is 1.37 bits per heavy atom. The van der Waals surface area contributed by atoms with Crippen LogP contribution >= 0.6 is 0 Å². The van der Waals surface area contributed by atoms with Crippen LogP contribution < -0.4 is 11.2 Å². The molecule has 0 amide bonds. The monoisotopic (exact) mass is 274 g/mol. The van der Waals surface area contributed by atoms with Gasteiger partial charge < -0.3 is 25.2 Å². The Bertz CT molecular complexity index is 553. The summed E-state index contributed by atoms with van der Waals surface area (Å²) in [7, 11) is 0. The van der Waals surface area contributed by atoms with E-state index in [2.05, 4.69) is 0 Å². The summed E-state index contributed by atoms with van der Waals surface area (Å²) in [6.45, 7) is -0.665. The molecule has 9 nitrogen and oxygen atoms in total. The number of rotatable bonds is 3. The third kappa shape index (κ3) is 2.46. The lowest BCUT2D eigenvalue weighted by molar-refractivity contribution is -0.0982. The molecule has 9 heteroatoms. The summed E-state index contributed by atoms with van der Waals surface area (Å²) in [5.74, 6) is 0. The first-order valence-corrected chi connectivity index (χ1v) is 5.57. The number of aromatic nitrogens is 2. The molecule has 1 saturated heterocycles. The predicted octanol–water partition coefficient (Wildman–Crippen LogP) is -3.49. The molecule has 1 unspecified atom stereocenters. The van der Waals surface area contributed by atoms with Crippen molar-refractivity contribution in [3.05, 3.63) is 33.1 Å². The van der Waals surface area contributed by atoms with Gasteiger partial charge >= 0.3 is 5.69 Å². The summed E-state index contributed by atoms with van der Waals surface area (Å²) < 4.78 is 6.06. The SMILES string of the molecule is O=c1ccn([C@@H]2O[C@H](C(O)CO)[C@H](O)[C@H]2O)c(=O)[nH]1. The number of aliphatic hydroxyl groups excluding tert-OH is 4. The molecule has 0 radical (unpaired) electrons. The van der Waals surface area contributed by atoms with Gasteiger partial charge in [0.1, 0.15) is 24.4 Å². The standard InChI is InChI=1S/C10H14N2O7/c13-3-4(14)8-6(16)7(17)9(19-8)12-2-1-5(15)11-10(12)18/h1-2,4,6-9,13-14,16-17H,3H2,(H,11,15,18)/t4?,6-,7-,8-,9-/m1/s1. The largest absolute Gasteiger partial charge is 0.394 e. The highest BCUT2D eigenvalue weighted by molar-refractivity contribution is 4.95. The number of hydrogen-bond donors (Lipinski definition) is 5. The molecule has 0 bridgehead atoms. The first-order valence-electron chi connectivity index (χ1n) is 5.57. The number of hydrogen-bond acceptors (Lipinski definition) is 7. The minimum Gasteiger partial charge on any atom is -0.394 e. The maximum Gasteiger partial charge on any atom is 0.330 e. The van der Waals surface area contributed by atoms with Crippen molar-refractivity contribution in [2.45, 2.75) is 30.6 Å². The van der Waals surface area contributed by atoms with Gasteiger partial charge in [-0.15, -0.1) is 0 Å². The van der Waals surface area contributed by atoms with Crippen LogP contribution in [0.4, 0.5) is 0 Å². The fraction of sp³-hybridized carbons (Fsp3) is 0.600. The van der Waals surface area contributed by atoms with Gasteiger partial charge in [0.2, 0.25) is 0 Å². The third-order valence-corrected chi connectivity index (χ3v) is 2.97. The van der Waals surface area contributed by atoms with E-state index in [-0.39, 0.29) is 0 Å². The molecule has 0 aliphatic carbocycles. The maximum absolute atomic E-state index is 11.5. The van der Waals surface area contributed by atoms with Crippen molar-refractivity contribution in [2.75, 3.05) is 6.61 Å². The van der Waals surface area contributed by atoms with Crippen LogP contribution in [0.5, 0.6) is 0 Å². The average molecular weight is 274 g/mol. The van der Waals surface area contributed by atoms with Gasteiger partial charge in [-0.25, -0.2) is 4.79 Å². The van der Waals surface area contributed by atoms with Gasteiger partial charge in [0.25, 0.3) is 5.56 Å². The van der Waals surface area contributed by atoms with E-state index >= 15 is 0 Å². The molecule has 5 N–H and O–H groups in total. The molecule has 5 atom stereocenters. The van der Waals surface area contributed by atoms with Crippen molar-refractivity contribution < 1.29 is 25.2 Å². The lowest BCUT2D eigenvalue weighted by Crippen LogP contribution is -2.40. The van der Waals surface area contributed by atoms with Crippen molar-refractivity contribution in [3.8, 4) is 0 Å². The molecule has 0 aromatic carbocycles. The number of nitrogens with zero attached hydrogens (tertiary/aromatic N) is 1. The number of nitrogens with one attached hydrogen (secondary N) is 1. The van der Waals surface area contributed by atoms with E-state index in [0.29, 0.717) is 0 Å². The van der Waals surface area contributed by atoms with Crippen LogP contribution in [0.2, 0.25) is 0 Å². The Morgan fingerprint density at radius 3 is 2.63 bits per heavy atom. The summed E-state index contributed by atoms with van der Waals surface area (Å²) in [5.41, 5.74) is -1.43. The Morgan fingerprint density at radius 2 is 2.05 bits per heavy atom. The van der Waals surface area contributed by atoms with E-state index < -0.39 is 48.5 Å². The molecular formula is C10H14N2O7. The highest BCUT2D eigenvalue weighted by atomic mass is 16.6. The minimum absolute atomic E-state index is 0.610. The van der Waals surface area contributed by atoms with Crippen molar-refractivity contribution in [3.63, 3.8) is 0 Å². The van der Waals surface area contributed by atoms with Crippen molar-refractivity contribution in [1.82, 2.24) is 9.55 Å². The molecule has 106 valence electrons. The van der Waals surface area contributed by atoms with Gasteiger partial charge in [0.05, 0.1) is 6.61 Å². The molecule has 1 aromatic rings. The molecule has 1 aliphatic rings. The lowest BCUT2D eigenvalue weighted by atomic mass is 10.1. The quantitative estimate of drug-likeness (QED) is 0.384. The molecule has 0 saturated carbocycles. The van der Waals surface area contributed by atoms with E-state index in [1.807, 2.05) is 4.98 Å². The van der Waals surface area contributed by atoms with Crippen molar-refractivity contribution in [2.24, 2.45) is 0 Å². The van der Waals surface area contributed by atoms with Crippen LogP contribution in [0, 0.1) is 0 Å². The number of aliphatic hydroxyl groups is 4. The molecule has 1 fully saturated rings. The summed E-state index contributed by atoms with van der Waals surface area (Å²) in [6.07, 6.45) is -5.72.